The van der Waals surface area contributed by atoms with Crippen molar-refractivity contribution in [2.45, 2.75) is 39.8 Å². The van der Waals surface area contributed by atoms with Gasteiger partial charge in [-0.2, -0.15) is 0 Å². The Bertz CT molecular complexity index is 448. The predicted octanol–water partition coefficient (Wildman–Crippen LogP) is 0.847. The van der Waals surface area contributed by atoms with Crippen LogP contribution in [0, 0.1) is 0 Å². The van der Waals surface area contributed by atoms with E-state index in [1.165, 1.54) is 10.6 Å². The maximum absolute atomic E-state index is 11.9. The van der Waals surface area contributed by atoms with Crippen LogP contribution in [0.15, 0.2) is 21.9 Å². The number of aromatic nitrogens is 2. The summed E-state index contributed by atoms with van der Waals surface area (Å²) in [5.41, 5.74) is -0.463. The monoisotopic (exact) mass is 240 g/mol. The average Bonchev–Trinajstić information content (AvgIpc) is 2.32. The molecule has 0 aliphatic heterocycles. The molecule has 0 bridgehead atoms. The van der Waals surface area contributed by atoms with Crippen molar-refractivity contribution in [1.82, 2.24) is 9.13 Å². The minimum absolute atomic E-state index is 0.226. The zero-order valence-electron chi connectivity index (χ0n) is 10.5. The second kappa shape index (κ2) is 7.06. The molecular formula is C12H20N2O3. The number of ether oxygens (including phenoxy) is 1. The molecule has 0 N–H and O–H groups in total. The van der Waals surface area contributed by atoms with E-state index in [9.17, 15) is 9.59 Å². The average molecular weight is 240 g/mol. The number of hydrogen-bond donors (Lipinski definition) is 0. The largest absolute Gasteiger partial charge is 0.382 e. The molecule has 1 aromatic rings. The van der Waals surface area contributed by atoms with Crippen molar-refractivity contribution in [2.24, 2.45) is 0 Å². The minimum Gasteiger partial charge on any atom is -0.382 e. The molecule has 96 valence electrons. The number of rotatable bonds is 7. The molecule has 0 aliphatic rings. The van der Waals surface area contributed by atoms with E-state index in [-0.39, 0.29) is 11.2 Å². The summed E-state index contributed by atoms with van der Waals surface area (Å²) in [5.74, 6) is 0. The van der Waals surface area contributed by atoms with Crippen LogP contribution in [0.1, 0.15) is 26.7 Å². The summed E-state index contributed by atoms with van der Waals surface area (Å²) < 4.78 is 8.03. The molecule has 17 heavy (non-hydrogen) atoms. The first-order valence-corrected chi connectivity index (χ1v) is 6.08. The summed E-state index contributed by atoms with van der Waals surface area (Å²) in [6, 6.07) is 1.44. The van der Waals surface area contributed by atoms with E-state index >= 15 is 0 Å². The van der Waals surface area contributed by atoms with Crippen molar-refractivity contribution in [3.8, 4) is 0 Å². The van der Waals surface area contributed by atoms with Gasteiger partial charge in [-0.05, 0) is 19.8 Å². The SMILES string of the molecule is CCCn1ccc(=O)n(CCCOCC)c1=O. The second-order valence-electron chi connectivity index (χ2n) is 3.83. The number of nitrogens with zero attached hydrogens (tertiary/aromatic N) is 2. The lowest BCUT2D eigenvalue weighted by molar-refractivity contribution is 0.141. The minimum atomic E-state index is -0.237. The first kappa shape index (κ1) is 13.7. The van der Waals surface area contributed by atoms with Crippen LogP contribution in [0.4, 0.5) is 0 Å². The Morgan fingerprint density at radius 1 is 1.24 bits per heavy atom. The molecule has 0 spiro atoms. The van der Waals surface area contributed by atoms with Crippen molar-refractivity contribution in [3.05, 3.63) is 33.1 Å². The van der Waals surface area contributed by atoms with Gasteiger partial charge >= 0.3 is 5.69 Å². The first-order chi connectivity index (χ1) is 8.20. The molecule has 1 aromatic heterocycles. The fraction of sp³-hybridized carbons (Fsp3) is 0.667. The quantitative estimate of drug-likeness (QED) is 0.664. The molecule has 0 fully saturated rings. The number of aryl methyl sites for hydroxylation is 1. The van der Waals surface area contributed by atoms with Crippen molar-refractivity contribution < 1.29 is 4.74 Å². The summed E-state index contributed by atoms with van der Waals surface area (Å²) in [6.07, 6.45) is 3.11. The lowest BCUT2D eigenvalue weighted by Gasteiger charge is -2.08. The van der Waals surface area contributed by atoms with Crippen LogP contribution >= 0.6 is 0 Å². The van der Waals surface area contributed by atoms with Gasteiger partial charge in [0.25, 0.3) is 5.56 Å². The Balaban J connectivity index is 2.79. The summed E-state index contributed by atoms with van der Waals surface area (Å²) in [7, 11) is 0. The van der Waals surface area contributed by atoms with Crippen molar-refractivity contribution >= 4 is 0 Å². The summed E-state index contributed by atoms with van der Waals surface area (Å²) in [4.78, 5) is 23.5. The maximum atomic E-state index is 11.9. The number of hydrogen-bond acceptors (Lipinski definition) is 3. The zero-order chi connectivity index (χ0) is 12.7. The third-order valence-electron chi connectivity index (χ3n) is 2.48. The van der Waals surface area contributed by atoms with Gasteiger partial charge in [-0.25, -0.2) is 4.79 Å². The van der Waals surface area contributed by atoms with E-state index < -0.39 is 0 Å². The third-order valence-corrected chi connectivity index (χ3v) is 2.48. The van der Waals surface area contributed by atoms with Crippen molar-refractivity contribution in [1.29, 1.82) is 0 Å². The molecule has 0 saturated carbocycles. The van der Waals surface area contributed by atoms with Gasteiger partial charge in [-0.15, -0.1) is 0 Å². The van der Waals surface area contributed by atoms with E-state index in [1.54, 1.807) is 10.8 Å². The second-order valence-corrected chi connectivity index (χ2v) is 3.83. The molecular weight excluding hydrogens is 220 g/mol. The molecule has 1 rings (SSSR count). The fourth-order valence-corrected chi connectivity index (χ4v) is 1.64. The first-order valence-electron chi connectivity index (χ1n) is 6.08. The molecule has 0 aliphatic carbocycles. The smallest absolute Gasteiger partial charge is 0.330 e. The van der Waals surface area contributed by atoms with Crippen LogP contribution in [0.2, 0.25) is 0 Å². The lowest BCUT2D eigenvalue weighted by atomic mass is 10.4. The van der Waals surface area contributed by atoms with Crippen molar-refractivity contribution in [2.75, 3.05) is 13.2 Å². The van der Waals surface area contributed by atoms with Crippen molar-refractivity contribution in [3.63, 3.8) is 0 Å². The van der Waals surface area contributed by atoms with Gasteiger partial charge in [0.05, 0.1) is 0 Å². The Hall–Kier alpha value is -1.36. The molecule has 1 heterocycles. The highest BCUT2D eigenvalue weighted by molar-refractivity contribution is 4.86. The zero-order valence-corrected chi connectivity index (χ0v) is 10.5. The predicted molar refractivity (Wildman–Crippen MR) is 66.4 cm³/mol. The Kier molecular flexibility index (Phi) is 5.69. The standard InChI is InChI=1S/C12H20N2O3/c1-3-7-13-9-6-11(15)14(12(13)16)8-5-10-17-4-2/h6,9H,3-5,7-8,10H2,1-2H3. The van der Waals surface area contributed by atoms with Crippen LogP contribution in [0.25, 0.3) is 0 Å². The van der Waals surface area contributed by atoms with Gasteiger partial charge < -0.3 is 9.30 Å². The molecule has 0 radical (unpaired) electrons. The summed E-state index contributed by atoms with van der Waals surface area (Å²) in [6.45, 7) is 6.21. The van der Waals surface area contributed by atoms with Gasteiger partial charge in [-0.3, -0.25) is 9.36 Å². The van der Waals surface area contributed by atoms with Crippen LogP contribution in [-0.2, 0) is 17.8 Å². The molecule has 5 nitrogen and oxygen atoms in total. The van der Waals surface area contributed by atoms with E-state index in [4.69, 9.17) is 4.74 Å². The summed E-state index contributed by atoms with van der Waals surface area (Å²) >= 11 is 0. The van der Waals surface area contributed by atoms with Crippen LogP contribution in [0.3, 0.4) is 0 Å². The van der Waals surface area contributed by atoms with Gasteiger partial charge in [-0.1, -0.05) is 6.92 Å². The highest BCUT2D eigenvalue weighted by Crippen LogP contribution is 1.87. The normalized spacial score (nSPS) is 10.7. The molecule has 0 aromatic carbocycles. The third kappa shape index (κ3) is 3.85. The molecule has 0 amide bonds. The van der Waals surface area contributed by atoms with Crippen LogP contribution in [0.5, 0.6) is 0 Å². The van der Waals surface area contributed by atoms with Gasteiger partial charge in [0.15, 0.2) is 0 Å². The summed E-state index contributed by atoms with van der Waals surface area (Å²) in [5, 5.41) is 0. The molecule has 0 saturated heterocycles. The molecule has 5 heteroatoms. The van der Waals surface area contributed by atoms with Gasteiger partial charge in [0.1, 0.15) is 0 Å². The van der Waals surface area contributed by atoms with E-state index in [1.807, 2.05) is 13.8 Å². The van der Waals surface area contributed by atoms with E-state index in [0.29, 0.717) is 32.7 Å². The van der Waals surface area contributed by atoms with Gasteiger partial charge in [0.2, 0.25) is 0 Å². The fourth-order valence-electron chi connectivity index (χ4n) is 1.64. The van der Waals surface area contributed by atoms with Gasteiger partial charge in [0, 0.05) is 38.6 Å². The van der Waals surface area contributed by atoms with Crippen LogP contribution in [-0.4, -0.2) is 22.3 Å². The Morgan fingerprint density at radius 3 is 2.65 bits per heavy atom. The van der Waals surface area contributed by atoms with E-state index in [2.05, 4.69) is 0 Å². The molecule has 0 unspecified atom stereocenters. The molecule has 0 atom stereocenters. The maximum Gasteiger partial charge on any atom is 0.330 e. The highest BCUT2D eigenvalue weighted by atomic mass is 16.5. The van der Waals surface area contributed by atoms with Crippen LogP contribution < -0.4 is 11.2 Å². The lowest BCUT2D eigenvalue weighted by Crippen LogP contribution is -2.39. The Morgan fingerprint density at radius 2 is 2.00 bits per heavy atom. The van der Waals surface area contributed by atoms with E-state index in [0.717, 1.165) is 6.42 Å². The highest BCUT2D eigenvalue weighted by Gasteiger charge is 2.03. The topological polar surface area (TPSA) is 53.2 Å². The Labute approximate surface area is 101 Å².